The molecule has 0 bridgehead atoms. The van der Waals surface area contributed by atoms with Gasteiger partial charge in [-0.1, -0.05) is 5.16 Å². The monoisotopic (exact) mass is 505 g/mol. The molecule has 27 heavy (non-hydrogen) atoms. The Labute approximate surface area is 171 Å². The lowest BCUT2D eigenvalue weighted by Crippen LogP contribution is -2.45. The van der Waals surface area contributed by atoms with Gasteiger partial charge in [-0.2, -0.15) is 0 Å². The predicted molar refractivity (Wildman–Crippen MR) is 103 cm³/mol. The molecular formula is C15H17Br2N5O5. The van der Waals surface area contributed by atoms with Gasteiger partial charge < -0.3 is 25.7 Å². The zero-order chi connectivity index (χ0) is 19.8. The molecule has 0 saturated heterocycles. The number of aliphatic hydroxyl groups excluding tert-OH is 1. The highest BCUT2D eigenvalue weighted by Crippen LogP contribution is 2.43. The van der Waals surface area contributed by atoms with Crippen LogP contribution in [0.3, 0.4) is 0 Å². The topological polar surface area (TPSA) is 148 Å². The standard InChI is InChI=1S/C15H17Br2N5O5/c1-26-10-6(16)4-15(11(23)9(10)17)5-8(22-27-15)12(24)19-3-2-7-13(25)21-14(18)20-7/h4,7,11,23H,2-3,5H2,1H3,(H,19,24)(H3,18,20,21,25)/t7-,11-,15+/m0/s1. The Morgan fingerprint density at radius 2 is 2.33 bits per heavy atom. The second-order valence-electron chi connectivity index (χ2n) is 6.10. The zero-order valence-corrected chi connectivity index (χ0v) is 17.3. The van der Waals surface area contributed by atoms with E-state index in [1.165, 1.54) is 7.11 Å². The van der Waals surface area contributed by atoms with Gasteiger partial charge in [0.25, 0.3) is 11.8 Å². The Balaban J connectivity index is 1.58. The average molecular weight is 507 g/mol. The molecule has 5 N–H and O–H groups in total. The third kappa shape index (κ3) is 3.73. The van der Waals surface area contributed by atoms with E-state index in [2.05, 4.69) is 52.6 Å². The van der Waals surface area contributed by atoms with E-state index in [1.54, 1.807) is 6.08 Å². The summed E-state index contributed by atoms with van der Waals surface area (Å²) in [5.41, 5.74) is 4.35. The summed E-state index contributed by atoms with van der Waals surface area (Å²) in [5.74, 6) is -0.237. The molecule has 0 radical (unpaired) electrons. The number of aliphatic hydroxyl groups is 1. The van der Waals surface area contributed by atoms with Gasteiger partial charge in [0.1, 0.15) is 23.6 Å². The minimum absolute atomic E-state index is 0.0657. The van der Waals surface area contributed by atoms with Crippen molar-refractivity contribution in [3.05, 3.63) is 20.8 Å². The van der Waals surface area contributed by atoms with Crippen LogP contribution in [0.1, 0.15) is 12.8 Å². The molecule has 0 saturated carbocycles. The fourth-order valence-electron chi connectivity index (χ4n) is 2.91. The molecule has 0 aromatic carbocycles. The van der Waals surface area contributed by atoms with E-state index in [0.29, 0.717) is 21.1 Å². The van der Waals surface area contributed by atoms with Crippen molar-refractivity contribution in [3.8, 4) is 0 Å². The van der Waals surface area contributed by atoms with Crippen LogP contribution in [0.2, 0.25) is 0 Å². The number of nitrogens with zero attached hydrogens (tertiary/aromatic N) is 2. The number of oxime groups is 1. The molecule has 1 spiro atoms. The van der Waals surface area contributed by atoms with E-state index in [4.69, 9.17) is 15.3 Å². The Morgan fingerprint density at radius 1 is 1.59 bits per heavy atom. The Hall–Kier alpha value is -1.92. The number of ether oxygens (including phenoxy) is 1. The molecule has 3 atom stereocenters. The molecule has 0 aromatic heterocycles. The van der Waals surface area contributed by atoms with Crippen LogP contribution < -0.4 is 16.4 Å². The fraction of sp³-hybridized carbons (Fsp3) is 0.467. The Bertz CT molecular complexity index is 808. The first-order valence-corrected chi connectivity index (χ1v) is 9.54. The summed E-state index contributed by atoms with van der Waals surface area (Å²) < 4.78 is 6.17. The molecule has 10 nitrogen and oxygen atoms in total. The van der Waals surface area contributed by atoms with Crippen molar-refractivity contribution >= 4 is 55.3 Å². The molecule has 1 aliphatic carbocycles. The largest absolute Gasteiger partial charge is 0.495 e. The van der Waals surface area contributed by atoms with Gasteiger partial charge in [-0.25, -0.2) is 4.99 Å². The molecule has 12 heteroatoms. The van der Waals surface area contributed by atoms with Crippen molar-refractivity contribution in [2.75, 3.05) is 13.7 Å². The van der Waals surface area contributed by atoms with E-state index < -0.39 is 23.7 Å². The second-order valence-corrected chi connectivity index (χ2v) is 7.81. The average Bonchev–Trinajstić information content (AvgIpc) is 3.17. The summed E-state index contributed by atoms with van der Waals surface area (Å²) in [4.78, 5) is 33.2. The number of carbonyl (C=O) groups excluding carboxylic acids is 2. The first kappa shape index (κ1) is 19.8. The van der Waals surface area contributed by atoms with E-state index in [1.807, 2.05) is 0 Å². The molecule has 3 aliphatic rings. The molecular weight excluding hydrogens is 490 g/mol. The molecule has 2 amide bonds. The van der Waals surface area contributed by atoms with Crippen LogP contribution in [-0.2, 0) is 19.2 Å². The van der Waals surface area contributed by atoms with Crippen molar-refractivity contribution in [3.63, 3.8) is 0 Å². The van der Waals surface area contributed by atoms with Crippen LogP contribution >= 0.6 is 31.9 Å². The summed E-state index contributed by atoms with van der Waals surface area (Å²) in [5, 5.41) is 19.5. The number of hydrogen-bond acceptors (Lipinski definition) is 8. The summed E-state index contributed by atoms with van der Waals surface area (Å²) in [6, 6.07) is -0.619. The molecule has 146 valence electrons. The zero-order valence-electron chi connectivity index (χ0n) is 14.2. The maximum atomic E-state index is 12.3. The maximum Gasteiger partial charge on any atom is 0.269 e. The van der Waals surface area contributed by atoms with Crippen LogP contribution in [0.25, 0.3) is 0 Å². The number of allylic oxidation sites excluding steroid dienone is 1. The summed E-state index contributed by atoms with van der Waals surface area (Å²) in [7, 11) is 1.48. The lowest BCUT2D eigenvalue weighted by Gasteiger charge is -2.33. The Morgan fingerprint density at radius 3 is 2.96 bits per heavy atom. The maximum absolute atomic E-state index is 12.3. The van der Waals surface area contributed by atoms with Crippen molar-refractivity contribution in [2.45, 2.75) is 30.6 Å². The van der Waals surface area contributed by atoms with Crippen LogP contribution in [0.15, 0.2) is 30.9 Å². The first-order valence-electron chi connectivity index (χ1n) is 7.95. The smallest absolute Gasteiger partial charge is 0.269 e. The van der Waals surface area contributed by atoms with Crippen molar-refractivity contribution < 1.29 is 24.3 Å². The van der Waals surface area contributed by atoms with Crippen molar-refractivity contribution in [2.24, 2.45) is 15.9 Å². The van der Waals surface area contributed by atoms with E-state index in [-0.39, 0.29) is 30.5 Å². The van der Waals surface area contributed by atoms with Gasteiger partial charge in [0, 0.05) is 13.0 Å². The Kier molecular flexibility index (Phi) is 5.58. The molecule has 2 heterocycles. The molecule has 3 rings (SSSR count). The predicted octanol–water partition coefficient (Wildman–Crippen LogP) is -0.273. The second kappa shape index (κ2) is 7.60. The number of amides is 2. The minimum Gasteiger partial charge on any atom is -0.495 e. The summed E-state index contributed by atoms with van der Waals surface area (Å²) in [6.45, 7) is 0.208. The summed E-state index contributed by atoms with van der Waals surface area (Å²) in [6.07, 6.45) is 0.890. The van der Waals surface area contributed by atoms with Crippen LogP contribution in [0, 0.1) is 0 Å². The van der Waals surface area contributed by atoms with Crippen molar-refractivity contribution in [1.29, 1.82) is 0 Å². The number of carbonyl (C=O) groups is 2. The first-order chi connectivity index (χ1) is 12.8. The highest BCUT2D eigenvalue weighted by atomic mass is 79.9. The van der Waals surface area contributed by atoms with Crippen LogP contribution in [0.5, 0.6) is 0 Å². The third-order valence-corrected chi connectivity index (χ3v) is 5.68. The van der Waals surface area contributed by atoms with Gasteiger partial charge in [-0.05, 0) is 44.4 Å². The van der Waals surface area contributed by atoms with E-state index in [9.17, 15) is 14.7 Å². The van der Waals surface area contributed by atoms with Crippen molar-refractivity contribution in [1.82, 2.24) is 10.6 Å². The van der Waals surface area contributed by atoms with Crippen LogP contribution in [0.4, 0.5) is 0 Å². The highest BCUT2D eigenvalue weighted by molar-refractivity contribution is 9.12. The van der Waals surface area contributed by atoms with Gasteiger partial charge >= 0.3 is 0 Å². The molecule has 2 aliphatic heterocycles. The number of aliphatic imine (C=N–C) groups is 1. The quantitative estimate of drug-likeness (QED) is 0.403. The SMILES string of the molecule is COC1=C(Br)[C@H](O)[C@@]2(C=C1Br)CC(C(=O)NCC[C@@H]1N=C(N)NC1=O)=NO2. The molecule has 0 fully saturated rings. The van der Waals surface area contributed by atoms with E-state index >= 15 is 0 Å². The van der Waals surface area contributed by atoms with Gasteiger partial charge in [0.05, 0.1) is 16.1 Å². The molecule has 0 unspecified atom stereocenters. The van der Waals surface area contributed by atoms with E-state index in [0.717, 1.165) is 0 Å². The third-order valence-electron chi connectivity index (χ3n) is 4.30. The lowest BCUT2D eigenvalue weighted by molar-refractivity contribution is -0.120. The number of nitrogens with one attached hydrogen (secondary N) is 2. The van der Waals surface area contributed by atoms with Gasteiger partial charge in [0.15, 0.2) is 11.6 Å². The van der Waals surface area contributed by atoms with Crippen LogP contribution in [-0.4, -0.2) is 60.0 Å². The van der Waals surface area contributed by atoms with Gasteiger partial charge in [-0.15, -0.1) is 0 Å². The number of nitrogens with two attached hydrogens (primary N) is 1. The van der Waals surface area contributed by atoms with Gasteiger partial charge in [0.2, 0.25) is 0 Å². The highest BCUT2D eigenvalue weighted by Gasteiger charge is 2.50. The number of methoxy groups -OCH3 is 1. The fourth-order valence-corrected chi connectivity index (χ4v) is 4.70. The number of halogens is 2. The number of hydrogen-bond donors (Lipinski definition) is 4. The number of guanidine groups is 1. The minimum atomic E-state index is -1.21. The number of rotatable bonds is 5. The normalized spacial score (nSPS) is 29.8. The lowest BCUT2D eigenvalue weighted by atomic mass is 9.87. The summed E-state index contributed by atoms with van der Waals surface area (Å²) >= 11 is 6.65. The van der Waals surface area contributed by atoms with Gasteiger partial charge in [-0.3, -0.25) is 14.9 Å². The molecule has 0 aromatic rings.